The summed E-state index contributed by atoms with van der Waals surface area (Å²) in [6, 6.07) is 3.71. The normalized spacial score (nSPS) is 20.4. The van der Waals surface area contributed by atoms with E-state index in [1.807, 2.05) is 0 Å². The summed E-state index contributed by atoms with van der Waals surface area (Å²) in [6.45, 7) is 4.07. The van der Waals surface area contributed by atoms with Crippen molar-refractivity contribution in [2.24, 2.45) is 0 Å². The van der Waals surface area contributed by atoms with Gasteiger partial charge in [-0.3, -0.25) is 4.90 Å². The van der Waals surface area contributed by atoms with Crippen molar-refractivity contribution < 1.29 is 32.5 Å². The molecule has 1 fully saturated rings. The van der Waals surface area contributed by atoms with Gasteiger partial charge in [-0.1, -0.05) is 6.08 Å². The Bertz CT molecular complexity index is 670. The second-order valence-corrected chi connectivity index (χ2v) is 7.03. The predicted molar refractivity (Wildman–Crippen MR) is 98.2 cm³/mol. The second-order valence-electron chi connectivity index (χ2n) is 7.03. The molecule has 0 saturated carbocycles. The van der Waals surface area contributed by atoms with Crippen molar-refractivity contribution >= 4 is 5.57 Å². The molecule has 1 aromatic rings. The standard InChI is InChI=1S/C20H26F3NO4/c21-20(22,23)17-10-16(15-2-7-27-8-3-15)11-19(12-17)28-14-18(25)13-24-4-1-6-26-9-5-24/h2,10-12,18,25H,1,3-9,13-14H2. The molecule has 1 N–H and O–H groups in total. The van der Waals surface area contributed by atoms with Gasteiger partial charge in [0.15, 0.2) is 0 Å². The number of hydrogen-bond acceptors (Lipinski definition) is 5. The Labute approximate surface area is 162 Å². The van der Waals surface area contributed by atoms with E-state index in [1.54, 1.807) is 12.1 Å². The number of nitrogens with zero attached hydrogens (tertiary/aromatic N) is 1. The number of ether oxygens (including phenoxy) is 3. The van der Waals surface area contributed by atoms with Crippen molar-refractivity contribution in [1.82, 2.24) is 4.90 Å². The second kappa shape index (κ2) is 9.73. The number of alkyl halides is 3. The maximum Gasteiger partial charge on any atom is 0.416 e. The molecular formula is C20H26F3NO4. The summed E-state index contributed by atoms with van der Waals surface area (Å²) in [7, 11) is 0. The average Bonchev–Trinajstić information content (AvgIpc) is 2.95. The zero-order chi connectivity index (χ0) is 20.0. The number of rotatable bonds is 6. The summed E-state index contributed by atoms with van der Waals surface area (Å²) >= 11 is 0. The molecule has 1 unspecified atom stereocenters. The van der Waals surface area contributed by atoms with Crippen molar-refractivity contribution in [3.8, 4) is 5.75 Å². The SMILES string of the molecule is OC(COc1cc(C2=CCOCC2)cc(C(F)(F)F)c1)CN1CCCOCC1. The lowest BCUT2D eigenvalue weighted by Gasteiger charge is -2.23. The Morgan fingerprint density at radius 3 is 2.71 bits per heavy atom. The Hall–Kier alpha value is -1.61. The minimum Gasteiger partial charge on any atom is -0.491 e. The van der Waals surface area contributed by atoms with Gasteiger partial charge < -0.3 is 19.3 Å². The van der Waals surface area contributed by atoms with Crippen LogP contribution in [-0.2, 0) is 15.7 Å². The van der Waals surface area contributed by atoms with E-state index in [4.69, 9.17) is 14.2 Å². The Morgan fingerprint density at radius 1 is 1.11 bits per heavy atom. The third-order valence-electron chi connectivity index (χ3n) is 4.79. The smallest absolute Gasteiger partial charge is 0.416 e. The Morgan fingerprint density at radius 2 is 1.96 bits per heavy atom. The van der Waals surface area contributed by atoms with E-state index >= 15 is 0 Å². The highest BCUT2D eigenvalue weighted by Crippen LogP contribution is 2.35. The van der Waals surface area contributed by atoms with E-state index < -0.39 is 17.8 Å². The summed E-state index contributed by atoms with van der Waals surface area (Å²) in [5.41, 5.74) is 0.533. The third-order valence-corrected chi connectivity index (χ3v) is 4.79. The monoisotopic (exact) mass is 401 g/mol. The van der Waals surface area contributed by atoms with Gasteiger partial charge in [0.2, 0.25) is 0 Å². The molecule has 0 aliphatic carbocycles. The molecule has 2 aliphatic heterocycles. The van der Waals surface area contributed by atoms with Crippen LogP contribution < -0.4 is 4.74 Å². The lowest BCUT2D eigenvalue weighted by atomic mass is 9.99. The lowest BCUT2D eigenvalue weighted by Crippen LogP contribution is -2.37. The van der Waals surface area contributed by atoms with Gasteiger partial charge in [-0.2, -0.15) is 13.2 Å². The van der Waals surface area contributed by atoms with E-state index in [-0.39, 0.29) is 12.4 Å². The number of aliphatic hydroxyl groups is 1. The minimum atomic E-state index is -4.47. The van der Waals surface area contributed by atoms with Crippen LogP contribution in [0.5, 0.6) is 5.75 Å². The van der Waals surface area contributed by atoms with Crippen molar-refractivity contribution in [1.29, 1.82) is 0 Å². The number of β-amino-alcohol motifs (C(OH)–C–C–N with tert-alkyl or cyclic N) is 1. The molecule has 1 saturated heterocycles. The molecule has 2 heterocycles. The van der Waals surface area contributed by atoms with E-state index in [2.05, 4.69) is 4.90 Å². The van der Waals surface area contributed by atoms with Gasteiger partial charge in [0, 0.05) is 26.2 Å². The molecular weight excluding hydrogens is 375 g/mol. The summed E-state index contributed by atoms with van der Waals surface area (Å²) in [4.78, 5) is 2.07. The van der Waals surface area contributed by atoms with Crippen LogP contribution >= 0.6 is 0 Å². The molecule has 0 bridgehead atoms. The molecule has 1 aromatic carbocycles. The fourth-order valence-corrected chi connectivity index (χ4v) is 3.34. The van der Waals surface area contributed by atoms with Gasteiger partial charge in [0.05, 0.1) is 25.4 Å². The van der Waals surface area contributed by atoms with Crippen LogP contribution in [0, 0.1) is 0 Å². The molecule has 2 aliphatic rings. The predicted octanol–water partition coefficient (Wildman–Crippen LogP) is 2.97. The van der Waals surface area contributed by atoms with Crippen molar-refractivity contribution in [3.63, 3.8) is 0 Å². The maximum absolute atomic E-state index is 13.3. The highest BCUT2D eigenvalue weighted by atomic mass is 19.4. The van der Waals surface area contributed by atoms with E-state index in [0.717, 1.165) is 37.2 Å². The molecule has 3 rings (SSSR count). The van der Waals surface area contributed by atoms with E-state index in [1.165, 1.54) is 0 Å². The van der Waals surface area contributed by atoms with Gasteiger partial charge in [-0.25, -0.2) is 0 Å². The summed E-state index contributed by atoms with van der Waals surface area (Å²) in [6.07, 6.45) is -2.02. The van der Waals surface area contributed by atoms with Crippen molar-refractivity contribution in [2.45, 2.75) is 25.1 Å². The highest BCUT2D eigenvalue weighted by molar-refractivity contribution is 5.68. The number of hydrogen-bond donors (Lipinski definition) is 1. The Kier molecular flexibility index (Phi) is 7.34. The van der Waals surface area contributed by atoms with Gasteiger partial charge >= 0.3 is 6.18 Å². The largest absolute Gasteiger partial charge is 0.491 e. The first kappa shape index (κ1) is 21.1. The van der Waals surface area contributed by atoms with Gasteiger partial charge in [-0.05, 0) is 42.2 Å². The van der Waals surface area contributed by atoms with Crippen LogP contribution in [0.1, 0.15) is 24.0 Å². The fourth-order valence-electron chi connectivity index (χ4n) is 3.34. The molecule has 0 radical (unpaired) electrons. The summed E-state index contributed by atoms with van der Waals surface area (Å²) in [5, 5.41) is 10.2. The number of benzene rings is 1. The van der Waals surface area contributed by atoms with Crippen LogP contribution in [0.4, 0.5) is 13.2 Å². The van der Waals surface area contributed by atoms with E-state index in [0.29, 0.717) is 45.0 Å². The molecule has 0 amide bonds. The molecule has 0 spiro atoms. The van der Waals surface area contributed by atoms with Crippen molar-refractivity contribution in [2.75, 3.05) is 52.7 Å². The average molecular weight is 401 g/mol. The minimum absolute atomic E-state index is 0.0692. The van der Waals surface area contributed by atoms with Crippen LogP contribution in [-0.4, -0.2) is 68.8 Å². The molecule has 8 heteroatoms. The quantitative estimate of drug-likeness (QED) is 0.794. The number of aliphatic hydroxyl groups excluding tert-OH is 1. The third kappa shape index (κ3) is 6.20. The molecule has 156 valence electrons. The van der Waals surface area contributed by atoms with Crippen LogP contribution in [0.3, 0.4) is 0 Å². The van der Waals surface area contributed by atoms with Crippen molar-refractivity contribution in [3.05, 3.63) is 35.4 Å². The molecule has 28 heavy (non-hydrogen) atoms. The lowest BCUT2D eigenvalue weighted by molar-refractivity contribution is -0.137. The van der Waals surface area contributed by atoms with E-state index in [9.17, 15) is 18.3 Å². The van der Waals surface area contributed by atoms with Crippen LogP contribution in [0.2, 0.25) is 0 Å². The summed E-state index contributed by atoms with van der Waals surface area (Å²) < 4.78 is 56.0. The molecule has 1 atom stereocenters. The van der Waals surface area contributed by atoms with Crippen LogP contribution in [0.25, 0.3) is 5.57 Å². The summed E-state index contributed by atoms with van der Waals surface area (Å²) in [5.74, 6) is 0.107. The molecule has 5 nitrogen and oxygen atoms in total. The van der Waals surface area contributed by atoms with Gasteiger partial charge in [-0.15, -0.1) is 0 Å². The van der Waals surface area contributed by atoms with Gasteiger partial charge in [0.1, 0.15) is 18.5 Å². The Balaban J connectivity index is 1.67. The zero-order valence-electron chi connectivity index (χ0n) is 15.7. The first-order valence-corrected chi connectivity index (χ1v) is 9.52. The maximum atomic E-state index is 13.3. The van der Waals surface area contributed by atoms with Gasteiger partial charge in [0.25, 0.3) is 0 Å². The molecule has 0 aromatic heterocycles. The first-order valence-electron chi connectivity index (χ1n) is 9.52. The highest BCUT2D eigenvalue weighted by Gasteiger charge is 2.32. The first-order chi connectivity index (χ1) is 13.4. The van der Waals surface area contributed by atoms with Crippen LogP contribution in [0.15, 0.2) is 24.3 Å². The number of halogens is 3. The topological polar surface area (TPSA) is 51.2 Å². The fraction of sp³-hybridized carbons (Fsp3) is 0.600. The zero-order valence-corrected chi connectivity index (χ0v) is 15.7.